The molecule has 1 unspecified atom stereocenters. The number of benzene rings is 2. The predicted molar refractivity (Wildman–Crippen MR) is 102 cm³/mol. The summed E-state index contributed by atoms with van der Waals surface area (Å²) in [5.41, 5.74) is 1.35. The Kier molecular flexibility index (Phi) is 7.89. The molecule has 140 valence electrons. The molecule has 0 saturated heterocycles. The summed E-state index contributed by atoms with van der Waals surface area (Å²) >= 11 is 0. The second-order valence-electron chi connectivity index (χ2n) is 5.75. The van der Waals surface area contributed by atoms with Gasteiger partial charge in [-0.15, -0.1) is 0 Å². The first-order chi connectivity index (χ1) is 12.7. The molecule has 0 fully saturated rings. The maximum atomic E-state index is 13.7. The minimum Gasteiger partial charge on any atom is -0.496 e. The lowest BCUT2D eigenvalue weighted by molar-refractivity contribution is 0.182. The minimum atomic E-state index is -0.985. The van der Waals surface area contributed by atoms with E-state index in [1.807, 2.05) is 31.2 Å². The highest BCUT2D eigenvalue weighted by atomic mass is 19.1. The molecule has 3 N–H and O–H groups in total. The van der Waals surface area contributed by atoms with Gasteiger partial charge in [0.2, 0.25) is 0 Å². The summed E-state index contributed by atoms with van der Waals surface area (Å²) in [6, 6.07) is 14.1. The summed E-state index contributed by atoms with van der Waals surface area (Å²) in [4.78, 5) is 4.35. The van der Waals surface area contributed by atoms with Gasteiger partial charge in [0.25, 0.3) is 0 Å². The van der Waals surface area contributed by atoms with Crippen LogP contribution in [0.1, 0.15) is 24.2 Å². The van der Waals surface area contributed by atoms with Crippen LogP contribution in [0, 0.1) is 5.82 Å². The normalized spacial score (nSPS) is 12.5. The molecule has 2 rings (SSSR count). The van der Waals surface area contributed by atoms with Crippen molar-refractivity contribution in [2.45, 2.75) is 19.4 Å². The van der Waals surface area contributed by atoms with Crippen molar-refractivity contribution in [3.63, 3.8) is 0 Å². The molecule has 6 heteroatoms. The first kappa shape index (κ1) is 19.7. The van der Waals surface area contributed by atoms with Crippen molar-refractivity contribution in [1.29, 1.82) is 0 Å². The lowest BCUT2D eigenvalue weighted by Gasteiger charge is -2.14. The smallest absolute Gasteiger partial charge is 0.191 e. The van der Waals surface area contributed by atoms with Gasteiger partial charge >= 0.3 is 0 Å². The van der Waals surface area contributed by atoms with Gasteiger partial charge in [0.15, 0.2) is 5.96 Å². The number of ether oxygens (including phenoxy) is 1. The zero-order valence-corrected chi connectivity index (χ0v) is 15.2. The van der Waals surface area contributed by atoms with Crippen LogP contribution in [0.4, 0.5) is 4.39 Å². The summed E-state index contributed by atoms with van der Waals surface area (Å²) < 4.78 is 19.1. The molecule has 26 heavy (non-hydrogen) atoms. The van der Waals surface area contributed by atoms with Crippen molar-refractivity contribution in [1.82, 2.24) is 10.6 Å². The van der Waals surface area contributed by atoms with E-state index in [1.54, 1.807) is 25.3 Å². The van der Waals surface area contributed by atoms with Crippen LogP contribution < -0.4 is 15.4 Å². The number of hydrogen-bond donors (Lipinski definition) is 3. The van der Waals surface area contributed by atoms with Crippen molar-refractivity contribution >= 4 is 5.96 Å². The van der Waals surface area contributed by atoms with Crippen molar-refractivity contribution in [2.75, 3.05) is 26.7 Å². The number of aliphatic hydroxyl groups is 1. The Morgan fingerprint density at radius 1 is 1.15 bits per heavy atom. The van der Waals surface area contributed by atoms with Gasteiger partial charge in [-0.05, 0) is 31.0 Å². The summed E-state index contributed by atoms with van der Waals surface area (Å²) in [5, 5.41) is 16.5. The quantitative estimate of drug-likeness (QED) is 0.501. The number of nitrogens with zero attached hydrogens (tertiary/aromatic N) is 1. The summed E-state index contributed by atoms with van der Waals surface area (Å²) in [5.74, 6) is 1.01. The fourth-order valence-electron chi connectivity index (χ4n) is 2.59. The van der Waals surface area contributed by atoms with E-state index in [4.69, 9.17) is 4.74 Å². The number of aliphatic hydroxyl groups excluding tert-OH is 1. The van der Waals surface area contributed by atoms with E-state index >= 15 is 0 Å². The average Bonchev–Trinajstić information content (AvgIpc) is 2.66. The molecule has 5 nitrogen and oxygen atoms in total. The van der Waals surface area contributed by atoms with E-state index in [0.717, 1.165) is 17.7 Å². The van der Waals surface area contributed by atoms with Crippen molar-refractivity contribution < 1.29 is 14.2 Å². The molecule has 0 amide bonds. The van der Waals surface area contributed by atoms with E-state index in [0.29, 0.717) is 19.0 Å². The second kappa shape index (κ2) is 10.4. The van der Waals surface area contributed by atoms with Gasteiger partial charge < -0.3 is 20.5 Å². The number of hydrogen-bond acceptors (Lipinski definition) is 3. The van der Waals surface area contributed by atoms with Crippen LogP contribution in [0.2, 0.25) is 0 Å². The van der Waals surface area contributed by atoms with E-state index in [9.17, 15) is 9.50 Å². The molecule has 0 aliphatic rings. The zero-order valence-electron chi connectivity index (χ0n) is 15.2. The molecule has 0 aliphatic carbocycles. The van der Waals surface area contributed by atoms with Gasteiger partial charge in [0.1, 0.15) is 17.7 Å². The topological polar surface area (TPSA) is 65.9 Å². The predicted octanol–water partition coefficient (Wildman–Crippen LogP) is 2.67. The third kappa shape index (κ3) is 5.74. The second-order valence-corrected chi connectivity index (χ2v) is 5.75. The highest BCUT2D eigenvalue weighted by Crippen LogP contribution is 2.18. The lowest BCUT2D eigenvalue weighted by atomic mass is 10.1. The average molecular weight is 359 g/mol. The molecule has 0 radical (unpaired) electrons. The van der Waals surface area contributed by atoms with Gasteiger partial charge in [0.05, 0.1) is 13.7 Å². The number of halogens is 1. The maximum absolute atomic E-state index is 13.7. The molecular formula is C20H26FN3O2. The number of nitrogens with one attached hydrogen (secondary N) is 2. The van der Waals surface area contributed by atoms with Gasteiger partial charge in [-0.1, -0.05) is 36.4 Å². The Morgan fingerprint density at radius 3 is 2.62 bits per heavy atom. The van der Waals surface area contributed by atoms with Gasteiger partial charge in [-0.3, -0.25) is 4.99 Å². The molecule has 2 aromatic carbocycles. The van der Waals surface area contributed by atoms with Crippen LogP contribution in [0.5, 0.6) is 5.75 Å². The number of aliphatic imine (C=N–C) groups is 1. The van der Waals surface area contributed by atoms with Crippen LogP contribution >= 0.6 is 0 Å². The Labute approximate surface area is 153 Å². The van der Waals surface area contributed by atoms with E-state index in [2.05, 4.69) is 15.6 Å². The molecule has 0 heterocycles. The SMILES string of the molecule is CCNC(=NCC(O)c1ccccc1F)NCCc1ccccc1OC. The Hall–Kier alpha value is -2.60. The van der Waals surface area contributed by atoms with Gasteiger partial charge in [-0.25, -0.2) is 4.39 Å². The van der Waals surface area contributed by atoms with Gasteiger partial charge in [0, 0.05) is 18.7 Å². The fourth-order valence-corrected chi connectivity index (χ4v) is 2.59. The minimum absolute atomic E-state index is 0.0743. The molecule has 1 atom stereocenters. The number of guanidine groups is 1. The Morgan fingerprint density at radius 2 is 1.88 bits per heavy atom. The number of rotatable bonds is 8. The van der Waals surface area contributed by atoms with E-state index < -0.39 is 11.9 Å². The van der Waals surface area contributed by atoms with Crippen LogP contribution in [-0.4, -0.2) is 37.8 Å². The monoisotopic (exact) mass is 359 g/mol. The standard InChI is InChI=1S/C20H26FN3O2/c1-3-22-20(23-13-12-15-8-4-7-11-19(15)26-2)24-14-18(25)16-9-5-6-10-17(16)21/h4-11,18,25H,3,12-14H2,1-2H3,(H2,22,23,24). The third-order valence-corrected chi connectivity index (χ3v) is 3.91. The fraction of sp³-hybridized carbons (Fsp3) is 0.350. The number of methoxy groups -OCH3 is 1. The first-order valence-corrected chi connectivity index (χ1v) is 8.72. The highest BCUT2D eigenvalue weighted by molar-refractivity contribution is 5.79. The Balaban J connectivity index is 1.93. The van der Waals surface area contributed by atoms with Crippen molar-refractivity contribution in [2.24, 2.45) is 4.99 Å². The molecule has 0 saturated carbocycles. The van der Waals surface area contributed by atoms with Crippen LogP contribution in [-0.2, 0) is 6.42 Å². The van der Waals surface area contributed by atoms with Crippen LogP contribution in [0.15, 0.2) is 53.5 Å². The van der Waals surface area contributed by atoms with E-state index in [-0.39, 0.29) is 12.1 Å². The zero-order chi connectivity index (χ0) is 18.8. The Bertz CT molecular complexity index is 722. The largest absolute Gasteiger partial charge is 0.496 e. The van der Waals surface area contributed by atoms with Crippen molar-refractivity contribution in [3.05, 3.63) is 65.5 Å². The summed E-state index contributed by atoms with van der Waals surface area (Å²) in [6.45, 7) is 3.38. The summed E-state index contributed by atoms with van der Waals surface area (Å²) in [7, 11) is 1.65. The molecule has 2 aromatic rings. The molecule has 0 spiro atoms. The maximum Gasteiger partial charge on any atom is 0.191 e. The summed E-state index contributed by atoms with van der Waals surface area (Å²) in [6.07, 6.45) is -0.217. The van der Waals surface area contributed by atoms with Crippen molar-refractivity contribution in [3.8, 4) is 5.75 Å². The molecule has 0 bridgehead atoms. The molecule has 0 aliphatic heterocycles. The highest BCUT2D eigenvalue weighted by Gasteiger charge is 2.12. The van der Waals surface area contributed by atoms with Gasteiger partial charge in [-0.2, -0.15) is 0 Å². The molecular weight excluding hydrogens is 333 g/mol. The number of para-hydroxylation sites is 1. The lowest BCUT2D eigenvalue weighted by Crippen LogP contribution is -2.38. The van der Waals surface area contributed by atoms with Crippen LogP contribution in [0.25, 0.3) is 0 Å². The van der Waals surface area contributed by atoms with Crippen LogP contribution in [0.3, 0.4) is 0 Å². The molecule has 0 aromatic heterocycles. The third-order valence-electron chi connectivity index (χ3n) is 3.91. The first-order valence-electron chi connectivity index (χ1n) is 8.72. The van der Waals surface area contributed by atoms with E-state index in [1.165, 1.54) is 6.07 Å².